The number of carbonyl (C=O) groups excluding carboxylic acids is 2. The minimum atomic E-state index is -0.130. The molecule has 27 heavy (non-hydrogen) atoms. The van der Waals surface area contributed by atoms with E-state index in [1.807, 2.05) is 12.1 Å². The monoisotopic (exact) mass is 377 g/mol. The standard InChI is InChI=1S/C20H31N3O4/c1-2-3-10-21-20(25)23(16-8-9-16)15-19(24)22(13-17-6-4-11-26-17)14-18-7-5-12-27-18/h4,6,11,16,18H,2-3,5,7-10,12-15H2,1H3,(H,21,25). The fourth-order valence-electron chi connectivity index (χ4n) is 3.35. The van der Waals surface area contributed by atoms with Gasteiger partial charge in [-0.2, -0.15) is 0 Å². The average molecular weight is 377 g/mol. The summed E-state index contributed by atoms with van der Waals surface area (Å²) in [4.78, 5) is 29.0. The number of unbranched alkanes of at least 4 members (excludes halogenated alkanes) is 1. The molecule has 1 N–H and O–H groups in total. The highest BCUT2D eigenvalue weighted by molar-refractivity contribution is 5.84. The molecule has 150 valence electrons. The van der Waals surface area contributed by atoms with Crippen LogP contribution in [0.25, 0.3) is 0 Å². The van der Waals surface area contributed by atoms with Crippen LogP contribution in [0.15, 0.2) is 22.8 Å². The Balaban J connectivity index is 1.61. The minimum Gasteiger partial charge on any atom is -0.467 e. The summed E-state index contributed by atoms with van der Waals surface area (Å²) < 4.78 is 11.1. The fourth-order valence-corrected chi connectivity index (χ4v) is 3.35. The molecule has 0 radical (unpaired) electrons. The van der Waals surface area contributed by atoms with E-state index >= 15 is 0 Å². The van der Waals surface area contributed by atoms with Gasteiger partial charge in [-0.1, -0.05) is 13.3 Å². The summed E-state index contributed by atoms with van der Waals surface area (Å²) >= 11 is 0. The van der Waals surface area contributed by atoms with Crippen molar-refractivity contribution in [3.8, 4) is 0 Å². The van der Waals surface area contributed by atoms with Gasteiger partial charge in [0, 0.05) is 25.7 Å². The highest BCUT2D eigenvalue weighted by Crippen LogP contribution is 2.27. The van der Waals surface area contributed by atoms with Crippen LogP contribution in [0.3, 0.4) is 0 Å². The van der Waals surface area contributed by atoms with Crippen molar-refractivity contribution < 1.29 is 18.7 Å². The van der Waals surface area contributed by atoms with E-state index in [-0.39, 0.29) is 30.6 Å². The second-order valence-electron chi connectivity index (χ2n) is 7.43. The van der Waals surface area contributed by atoms with Gasteiger partial charge in [0.2, 0.25) is 5.91 Å². The van der Waals surface area contributed by atoms with Gasteiger partial charge in [-0.25, -0.2) is 4.79 Å². The number of nitrogens with one attached hydrogen (secondary N) is 1. The third-order valence-electron chi connectivity index (χ3n) is 5.09. The van der Waals surface area contributed by atoms with Gasteiger partial charge in [-0.15, -0.1) is 0 Å². The zero-order valence-electron chi connectivity index (χ0n) is 16.2. The van der Waals surface area contributed by atoms with Crippen LogP contribution in [-0.4, -0.2) is 60.1 Å². The van der Waals surface area contributed by atoms with E-state index in [0.29, 0.717) is 19.6 Å². The van der Waals surface area contributed by atoms with Crippen molar-refractivity contribution in [2.24, 2.45) is 0 Å². The molecule has 1 aromatic rings. The highest BCUT2D eigenvalue weighted by atomic mass is 16.5. The molecule has 3 rings (SSSR count). The average Bonchev–Trinajstić information content (AvgIpc) is 3.13. The zero-order chi connectivity index (χ0) is 19.1. The maximum absolute atomic E-state index is 13.0. The molecule has 2 heterocycles. The molecule has 1 unspecified atom stereocenters. The molecule has 1 saturated heterocycles. The topological polar surface area (TPSA) is 75.0 Å². The first-order valence-corrected chi connectivity index (χ1v) is 10.1. The van der Waals surface area contributed by atoms with E-state index in [0.717, 1.165) is 50.9 Å². The van der Waals surface area contributed by atoms with Gasteiger partial charge in [0.1, 0.15) is 12.3 Å². The Morgan fingerprint density at radius 2 is 2.15 bits per heavy atom. The smallest absolute Gasteiger partial charge is 0.318 e. The molecule has 0 spiro atoms. The molecule has 2 aliphatic rings. The van der Waals surface area contributed by atoms with Gasteiger partial charge in [0.25, 0.3) is 0 Å². The van der Waals surface area contributed by atoms with Crippen molar-refractivity contribution in [2.75, 3.05) is 26.2 Å². The lowest BCUT2D eigenvalue weighted by Crippen LogP contribution is -2.49. The summed E-state index contributed by atoms with van der Waals surface area (Å²) in [7, 11) is 0. The van der Waals surface area contributed by atoms with Crippen LogP contribution in [-0.2, 0) is 16.1 Å². The highest BCUT2D eigenvalue weighted by Gasteiger charge is 2.35. The minimum absolute atomic E-state index is 0.0561. The van der Waals surface area contributed by atoms with E-state index in [2.05, 4.69) is 12.2 Å². The van der Waals surface area contributed by atoms with Crippen LogP contribution in [0.4, 0.5) is 4.79 Å². The first-order valence-electron chi connectivity index (χ1n) is 10.1. The van der Waals surface area contributed by atoms with Gasteiger partial charge in [-0.3, -0.25) is 4.79 Å². The van der Waals surface area contributed by atoms with Crippen LogP contribution in [0, 0.1) is 0 Å². The van der Waals surface area contributed by atoms with Crippen molar-refractivity contribution in [1.82, 2.24) is 15.1 Å². The molecule has 1 atom stereocenters. The number of rotatable bonds is 10. The van der Waals surface area contributed by atoms with E-state index in [9.17, 15) is 9.59 Å². The Labute approximate surface area is 161 Å². The molecule has 7 nitrogen and oxygen atoms in total. The molecule has 7 heteroatoms. The Kier molecular flexibility index (Phi) is 7.15. The van der Waals surface area contributed by atoms with Crippen molar-refractivity contribution in [3.05, 3.63) is 24.2 Å². The molecule has 1 aliphatic heterocycles. The van der Waals surface area contributed by atoms with E-state index in [1.165, 1.54) is 0 Å². The largest absolute Gasteiger partial charge is 0.467 e. The number of ether oxygens (including phenoxy) is 1. The van der Waals surface area contributed by atoms with Crippen LogP contribution in [0.1, 0.15) is 51.2 Å². The zero-order valence-corrected chi connectivity index (χ0v) is 16.2. The number of amides is 3. The van der Waals surface area contributed by atoms with Crippen molar-refractivity contribution in [1.29, 1.82) is 0 Å². The summed E-state index contributed by atoms with van der Waals surface area (Å²) in [5.41, 5.74) is 0. The summed E-state index contributed by atoms with van der Waals surface area (Å²) in [6.07, 6.45) is 7.59. The molecule has 0 aromatic carbocycles. The second kappa shape index (κ2) is 9.78. The molecule has 1 aromatic heterocycles. The normalized spacial score (nSPS) is 19.1. The number of hydrogen-bond acceptors (Lipinski definition) is 4. The maximum atomic E-state index is 13.0. The van der Waals surface area contributed by atoms with Crippen LogP contribution in [0.5, 0.6) is 0 Å². The first kappa shape index (κ1) is 19.7. The van der Waals surface area contributed by atoms with E-state index < -0.39 is 0 Å². The first-order chi connectivity index (χ1) is 13.2. The molecular formula is C20H31N3O4. The van der Waals surface area contributed by atoms with Gasteiger partial charge in [-0.05, 0) is 44.2 Å². The molecule has 1 aliphatic carbocycles. The third-order valence-corrected chi connectivity index (χ3v) is 5.09. The van der Waals surface area contributed by atoms with Crippen LogP contribution in [0.2, 0.25) is 0 Å². The summed E-state index contributed by atoms with van der Waals surface area (Å²) in [6, 6.07) is 3.74. The molecular weight excluding hydrogens is 346 g/mol. The lowest BCUT2D eigenvalue weighted by atomic mass is 10.2. The molecule has 2 fully saturated rings. The lowest BCUT2D eigenvalue weighted by molar-refractivity contribution is -0.134. The Hall–Kier alpha value is -2.02. The summed E-state index contributed by atoms with van der Waals surface area (Å²) in [6.45, 7) is 4.54. The summed E-state index contributed by atoms with van der Waals surface area (Å²) in [5, 5.41) is 2.94. The van der Waals surface area contributed by atoms with Gasteiger partial charge >= 0.3 is 6.03 Å². The van der Waals surface area contributed by atoms with Crippen LogP contribution >= 0.6 is 0 Å². The number of carbonyl (C=O) groups is 2. The predicted molar refractivity (Wildman–Crippen MR) is 101 cm³/mol. The van der Waals surface area contributed by atoms with Crippen molar-refractivity contribution in [2.45, 2.75) is 64.1 Å². The SMILES string of the molecule is CCCCNC(=O)N(CC(=O)N(Cc1ccco1)CC1CCCO1)C1CC1. The third kappa shape index (κ3) is 5.99. The molecule has 3 amide bonds. The molecule has 0 bridgehead atoms. The van der Waals surface area contributed by atoms with Gasteiger partial charge in [0.15, 0.2) is 0 Å². The quantitative estimate of drug-likeness (QED) is 0.636. The van der Waals surface area contributed by atoms with Crippen molar-refractivity contribution >= 4 is 11.9 Å². The molecule has 1 saturated carbocycles. The lowest BCUT2D eigenvalue weighted by Gasteiger charge is -2.29. The number of hydrogen-bond donors (Lipinski definition) is 1. The predicted octanol–water partition coefficient (Wildman–Crippen LogP) is 2.76. The van der Waals surface area contributed by atoms with Gasteiger partial charge < -0.3 is 24.3 Å². The number of furan rings is 1. The van der Waals surface area contributed by atoms with Crippen LogP contribution < -0.4 is 5.32 Å². The Bertz CT molecular complexity index is 594. The second-order valence-corrected chi connectivity index (χ2v) is 7.43. The number of nitrogens with zero attached hydrogens (tertiary/aromatic N) is 2. The van der Waals surface area contributed by atoms with E-state index in [1.54, 1.807) is 16.1 Å². The number of urea groups is 1. The van der Waals surface area contributed by atoms with Crippen molar-refractivity contribution in [3.63, 3.8) is 0 Å². The summed E-state index contributed by atoms with van der Waals surface area (Å²) in [5.74, 6) is 0.686. The van der Waals surface area contributed by atoms with E-state index in [4.69, 9.17) is 9.15 Å². The fraction of sp³-hybridized carbons (Fsp3) is 0.700. The maximum Gasteiger partial charge on any atom is 0.318 e. The Morgan fingerprint density at radius 1 is 1.30 bits per heavy atom. The Morgan fingerprint density at radius 3 is 2.78 bits per heavy atom. The van der Waals surface area contributed by atoms with Gasteiger partial charge in [0.05, 0.1) is 18.9 Å².